The second-order valence-electron chi connectivity index (χ2n) is 1.89. The Morgan fingerprint density at radius 1 is 1.67 bits per heavy atom. The van der Waals surface area contributed by atoms with Gasteiger partial charge in [-0.05, 0) is 0 Å². The van der Waals surface area contributed by atoms with Crippen LogP contribution < -0.4 is 0 Å². The highest BCUT2D eigenvalue weighted by Gasteiger charge is 2.11. The Labute approximate surface area is 52.9 Å². The van der Waals surface area contributed by atoms with Crippen molar-refractivity contribution in [1.82, 2.24) is 4.90 Å². The first-order valence-corrected chi connectivity index (χ1v) is 2.76. The molecule has 0 aromatic rings. The molecule has 0 atom stereocenters. The minimum atomic E-state index is 0.740. The molecule has 0 saturated carbocycles. The summed E-state index contributed by atoms with van der Waals surface area (Å²) in [5, 5.41) is 0. The Kier molecular flexibility index (Phi) is 0.828. The van der Waals surface area contributed by atoms with Gasteiger partial charge in [0.2, 0.25) is 0 Å². The van der Waals surface area contributed by atoms with Crippen molar-refractivity contribution in [3.63, 3.8) is 0 Å². The fourth-order valence-electron chi connectivity index (χ4n) is 0.829. The van der Waals surface area contributed by atoms with E-state index >= 15 is 0 Å². The van der Waals surface area contributed by atoms with E-state index in [0.29, 0.717) is 0 Å². The maximum Gasteiger partial charge on any atom is 0.112 e. The van der Waals surface area contributed by atoms with Gasteiger partial charge < -0.3 is 9.64 Å². The van der Waals surface area contributed by atoms with E-state index in [0.717, 1.165) is 12.2 Å². The molecule has 0 N–H and O–H groups in total. The quantitative estimate of drug-likeness (QED) is 0.471. The van der Waals surface area contributed by atoms with E-state index in [-0.39, 0.29) is 0 Å². The molecule has 0 fully saturated rings. The van der Waals surface area contributed by atoms with Crippen molar-refractivity contribution in [1.29, 1.82) is 0 Å². The van der Waals surface area contributed by atoms with Crippen molar-refractivity contribution in [2.75, 3.05) is 6.54 Å². The van der Waals surface area contributed by atoms with Crippen LogP contribution in [0.5, 0.6) is 0 Å². The number of rotatable bonds is 0. The molecule has 2 aliphatic rings. The average Bonchev–Trinajstić information content (AvgIpc) is 2.33. The molecule has 3 nitrogen and oxygen atoms in total. The summed E-state index contributed by atoms with van der Waals surface area (Å²) in [6, 6.07) is 0. The topological polar surface area (TPSA) is 24.8 Å². The van der Waals surface area contributed by atoms with Crippen molar-refractivity contribution < 1.29 is 4.74 Å². The first kappa shape index (κ1) is 4.61. The number of fused-ring (bicyclic) bond motifs is 1. The lowest BCUT2D eigenvalue weighted by atomic mass is 10.4. The van der Waals surface area contributed by atoms with Crippen LogP contribution in [0.15, 0.2) is 29.4 Å². The zero-order chi connectivity index (χ0) is 6.10. The summed E-state index contributed by atoms with van der Waals surface area (Å²) in [4.78, 5) is 5.96. The van der Waals surface area contributed by atoms with Crippen LogP contribution in [-0.4, -0.2) is 17.8 Å². The number of nitrogens with zero attached hydrogens (tertiary/aromatic N) is 2. The molecule has 0 saturated heterocycles. The van der Waals surface area contributed by atoms with Gasteiger partial charge in [-0.25, -0.2) is 0 Å². The molecule has 0 amide bonds. The standard InChI is InChI=1S/C6H6N2O/c1-2-9-4-6-3-7-5-8(1)6/h1-2,4-5H,3H2. The predicted octanol–water partition coefficient (Wildman–Crippen LogP) is 0.673. The monoisotopic (exact) mass is 122 g/mol. The molecule has 0 aromatic heterocycles. The minimum absolute atomic E-state index is 0.740. The lowest BCUT2D eigenvalue weighted by molar-refractivity contribution is 0.364. The van der Waals surface area contributed by atoms with Crippen LogP contribution in [0.1, 0.15) is 0 Å². The van der Waals surface area contributed by atoms with Gasteiger partial charge >= 0.3 is 0 Å². The fourth-order valence-corrected chi connectivity index (χ4v) is 0.829. The van der Waals surface area contributed by atoms with Gasteiger partial charge in [-0.3, -0.25) is 4.99 Å². The Balaban J connectivity index is 2.29. The van der Waals surface area contributed by atoms with E-state index < -0.39 is 0 Å². The number of hydrogen-bond donors (Lipinski definition) is 0. The van der Waals surface area contributed by atoms with E-state index in [2.05, 4.69) is 4.99 Å². The first-order valence-electron chi connectivity index (χ1n) is 2.76. The van der Waals surface area contributed by atoms with Gasteiger partial charge in [0.05, 0.1) is 18.6 Å². The SMILES string of the molecule is C1=CN2C=NCC2=CO1. The highest BCUT2D eigenvalue weighted by Crippen LogP contribution is 2.13. The highest BCUT2D eigenvalue weighted by atomic mass is 16.5. The van der Waals surface area contributed by atoms with E-state index in [1.165, 1.54) is 0 Å². The first-order chi connectivity index (χ1) is 4.47. The zero-order valence-electron chi connectivity index (χ0n) is 4.82. The van der Waals surface area contributed by atoms with Gasteiger partial charge in [0.1, 0.15) is 12.5 Å². The van der Waals surface area contributed by atoms with Crippen molar-refractivity contribution in [2.24, 2.45) is 4.99 Å². The Bertz CT molecular complexity index is 205. The summed E-state index contributed by atoms with van der Waals surface area (Å²) in [6.45, 7) is 0.740. The van der Waals surface area contributed by atoms with Crippen molar-refractivity contribution >= 4 is 6.34 Å². The Morgan fingerprint density at radius 3 is 3.56 bits per heavy atom. The van der Waals surface area contributed by atoms with Gasteiger partial charge in [0, 0.05) is 6.20 Å². The molecule has 2 heterocycles. The molecule has 0 unspecified atom stereocenters. The van der Waals surface area contributed by atoms with Gasteiger partial charge in [-0.1, -0.05) is 0 Å². The Hall–Kier alpha value is -1.25. The number of ether oxygens (including phenoxy) is 1. The molecular formula is C6H6N2O. The van der Waals surface area contributed by atoms with Crippen LogP contribution in [0.2, 0.25) is 0 Å². The number of aliphatic imine (C=N–C) groups is 1. The molecule has 0 spiro atoms. The lowest BCUT2D eigenvalue weighted by Gasteiger charge is -2.13. The van der Waals surface area contributed by atoms with Gasteiger partial charge in [0.25, 0.3) is 0 Å². The predicted molar refractivity (Wildman–Crippen MR) is 33.5 cm³/mol. The lowest BCUT2D eigenvalue weighted by Crippen LogP contribution is -2.12. The minimum Gasteiger partial charge on any atom is -0.469 e. The summed E-state index contributed by atoms with van der Waals surface area (Å²) in [5.41, 5.74) is 1.09. The normalized spacial score (nSPS) is 21.3. The maximum absolute atomic E-state index is 4.92. The summed E-state index contributed by atoms with van der Waals surface area (Å²) in [6.07, 6.45) is 6.95. The van der Waals surface area contributed by atoms with Crippen molar-refractivity contribution in [3.8, 4) is 0 Å². The van der Waals surface area contributed by atoms with Crippen LogP contribution in [0.3, 0.4) is 0 Å². The van der Waals surface area contributed by atoms with Crippen LogP contribution in [0.4, 0.5) is 0 Å². The third-order valence-electron chi connectivity index (χ3n) is 1.30. The maximum atomic E-state index is 4.92. The molecule has 3 heteroatoms. The molecule has 9 heavy (non-hydrogen) atoms. The molecule has 0 radical (unpaired) electrons. The molecule has 2 rings (SSSR count). The molecule has 0 aliphatic carbocycles. The highest BCUT2D eigenvalue weighted by molar-refractivity contribution is 5.63. The van der Waals surface area contributed by atoms with Gasteiger partial charge in [0.15, 0.2) is 0 Å². The van der Waals surface area contributed by atoms with E-state index in [1.54, 1.807) is 18.9 Å². The van der Waals surface area contributed by atoms with E-state index in [4.69, 9.17) is 4.74 Å². The molecule has 2 aliphatic heterocycles. The smallest absolute Gasteiger partial charge is 0.112 e. The van der Waals surface area contributed by atoms with Crippen molar-refractivity contribution in [2.45, 2.75) is 0 Å². The third-order valence-corrected chi connectivity index (χ3v) is 1.30. The molecule has 46 valence electrons. The Morgan fingerprint density at radius 2 is 2.67 bits per heavy atom. The average molecular weight is 122 g/mol. The second kappa shape index (κ2) is 1.62. The summed E-state index contributed by atoms with van der Waals surface area (Å²) < 4.78 is 4.92. The fraction of sp³-hybridized carbons (Fsp3) is 0.167. The van der Waals surface area contributed by atoms with Crippen LogP contribution in [-0.2, 0) is 4.74 Å². The molecule has 0 bridgehead atoms. The molecular weight excluding hydrogens is 116 g/mol. The summed E-state index contributed by atoms with van der Waals surface area (Å²) >= 11 is 0. The van der Waals surface area contributed by atoms with Gasteiger partial charge in [-0.15, -0.1) is 0 Å². The van der Waals surface area contributed by atoms with Crippen LogP contribution in [0, 0.1) is 0 Å². The van der Waals surface area contributed by atoms with E-state index in [9.17, 15) is 0 Å². The molecule has 0 aromatic carbocycles. The van der Waals surface area contributed by atoms with Crippen LogP contribution >= 0.6 is 0 Å². The summed E-state index contributed by atoms with van der Waals surface area (Å²) in [5.74, 6) is 0. The largest absolute Gasteiger partial charge is 0.469 e. The van der Waals surface area contributed by atoms with Crippen LogP contribution in [0.25, 0.3) is 0 Å². The van der Waals surface area contributed by atoms with Crippen molar-refractivity contribution in [3.05, 3.63) is 24.4 Å². The van der Waals surface area contributed by atoms with E-state index in [1.807, 2.05) is 11.1 Å². The summed E-state index contributed by atoms with van der Waals surface area (Å²) in [7, 11) is 0. The zero-order valence-corrected chi connectivity index (χ0v) is 4.82. The third kappa shape index (κ3) is 0.614. The number of hydrogen-bond acceptors (Lipinski definition) is 3. The van der Waals surface area contributed by atoms with Gasteiger partial charge in [-0.2, -0.15) is 0 Å². The second-order valence-corrected chi connectivity index (χ2v) is 1.89.